The summed E-state index contributed by atoms with van der Waals surface area (Å²) in [6.45, 7) is 4.77. The van der Waals surface area contributed by atoms with Crippen molar-refractivity contribution in [2.75, 3.05) is 0 Å². The van der Waals surface area contributed by atoms with Crippen LogP contribution in [0.3, 0.4) is 0 Å². The summed E-state index contributed by atoms with van der Waals surface area (Å²) < 4.78 is 0. The molecule has 12 aromatic carbocycles. The zero-order valence-corrected chi connectivity index (χ0v) is 37.4. The number of hydrogen-bond donors (Lipinski definition) is 0. The molecule has 0 unspecified atom stereocenters. The fraction of sp³-hybridized carbons (Fsp3) is 0.0448. The first-order valence-electron chi connectivity index (χ1n) is 23.3. The molecule has 0 saturated carbocycles. The molecule has 0 bridgehead atoms. The predicted octanol–water partition coefficient (Wildman–Crippen LogP) is 18.2. The molecule has 0 radical (unpaired) electrons. The molecule has 13 rings (SSSR count). The van der Waals surface area contributed by atoms with Gasteiger partial charge in [0, 0.05) is 5.41 Å². The van der Waals surface area contributed by atoms with Crippen LogP contribution in [0.25, 0.3) is 121 Å². The quantitative estimate of drug-likeness (QED) is 0.146. The first kappa shape index (κ1) is 38.9. The molecule has 0 N–H and O–H groups in total. The summed E-state index contributed by atoms with van der Waals surface area (Å²) in [5.74, 6) is 0. The highest BCUT2D eigenvalue weighted by Crippen LogP contribution is 2.51. The zero-order valence-electron chi connectivity index (χ0n) is 37.4. The molecule has 0 aliphatic heterocycles. The van der Waals surface area contributed by atoms with Crippen molar-refractivity contribution in [3.63, 3.8) is 0 Å². The maximum absolute atomic E-state index is 3.28. The zero-order chi connectivity index (χ0) is 44.6. The lowest BCUT2D eigenvalue weighted by molar-refractivity contribution is 0.661. The minimum atomic E-state index is -0.166. The van der Waals surface area contributed by atoms with Gasteiger partial charge in [0.15, 0.2) is 0 Å². The SMILES string of the molecule is CC1(C)c2cc(-c3ccc(-c4c5cc#ccc5c(-c5ccccc5)c5ccccc45)cc3)ccc2-c2ccc(-c3ccc(-c4c5ccccc5c(-c5ccccc5)c5ccccc45)cc3)cc21. The molecule has 67 heavy (non-hydrogen) atoms. The van der Waals surface area contributed by atoms with Gasteiger partial charge < -0.3 is 0 Å². The second-order valence-corrected chi connectivity index (χ2v) is 18.6. The lowest BCUT2D eigenvalue weighted by Gasteiger charge is -2.23. The van der Waals surface area contributed by atoms with E-state index in [0.29, 0.717) is 0 Å². The fourth-order valence-corrected chi connectivity index (χ4v) is 11.3. The highest BCUT2D eigenvalue weighted by Gasteiger charge is 2.36. The Bertz CT molecular complexity index is 3520. The van der Waals surface area contributed by atoms with Crippen molar-refractivity contribution in [1.82, 2.24) is 0 Å². The van der Waals surface area contributed by atoms with Crippen LogP contribution in [0.2, 0.25) is 0 Å². The molecule has 1 aliphatic carbocycles. The third-order valence-electron chi connectivity index (χ3n) is 14.6. The molecule has 1 aliphatic rings. The van der Waals surface area contributed by atoms with Gasteiger partial charge in [-0.15, -0.1) is 0 Å². The molecule has 312 valence electrons. The normalized spacial score (nSPS) is 12.6. The van der Waals surface area contributed by atoms with E-state index in [4.69, 9.17) is 0 Å². The summed E-state index contributed by atoms with van der Waals surface area (Å²) >= 11 is 0. The first-order valence-corrected chi connectivity index (χ1v) is 23.3. The number of rotatable bonds is 6. The summed E-state index contributed by atoms with van der Waals surface area (Å²) in [5.41, 5.74) is 20.1. The van der Waals surface area contributed by atoms with E-state index in [1.54, 1.807) is 0 Å². The molecule has 0 spiro atoms. The van der Waals surface area contributed by atoms with Crippen molar-refractivity contribution < 1.29 is 0 Å². The van der Waals surface area contributed by atoms with Gasteiger partial charge in [-0.05, 0) is 156 Å². The smallest absolute Gasteiger partial charge is 0.0159 e. The Morgan fingerprint density at radius 3 is 0.866 bits per heavy atom. The molecule has 0 aromatic heterocycles. The summed E-state index contributed by atoms with van der Waals surface area (Å²) in [6, 6.07) is 91.5. The largest absolute Gasteiger partial charge is 0.0696 e. The molecule has 0 amide bonds. The van der Waals surface area contributed by atoms with Gasteiger partial charge in [-0.1, -0.05) is 232 Å². The Morgan fingerprint density at radius 1 is 0.254 bits per heavy atom. The van der Waals surface area contributed by atoms with Gasteiger partial charge in [-0.25, -0.2) is 0 Å². The molecular weight excluding hydrogens is 805 g/mol. The Hall–Kier alpha value is -8.50. The highest BCUT2D eigenvalue weighted by molar-refractivity contribution is 6.22. The second kappa shape index (κ2) is 15.3. The average molecular weight is 849 g/mol. The van der Waals surface area contributed by atoms with Crippen molar-refractivity contribution in [2.24, 2.45) is 0 Å². The molecule has 0 heteroatoms. The minimum absolute atomic E-state index is 0.166. The Balaban J connectivity index is 0.832. The van der Waals surface area contributed by atoms with Crippen LogP contribution in [-0.4, -0.2) is 0 Å². The number of hydrogen-bond acceptors (Lipinski definition) is 0. The van der Waals surface area contributed by atoms with Crippen molar-refractivity contribution in [3.05, 3.63) is 254 Å². The summed E-state index contributed by atoms with van der Waals surface area (Å²) in [5, 5.41) is 9.96. The average Bonchev–Trinajstić information content (AvgIpc) is 3.62. The van der Waals surface area contributed by atoms with Gasteiger partial charge >= 0.3 is 0 Å². The van der Waals surface area contributed by atoms with Gasteiger partial charge in [0.1, 0.15) is 0 Å². The van der Waals surface area contributed by atoms with Crippen LogP contribution < -0.4 is 0 Å². The third-order valence-corrected chi connectivity index (χ3v) is 14.6. The standard InChI is InChI=1S/C67H44/c1-67(2)61-41-49(43-29-33-47(34-30-43)65-57-25-13-9-21-53(57)63(45-17-5-3-6-18-45)54-22-10-14-26-58(54)65)37-39-51(61)52-40-38-50(42-62(52)67)44-31-35-48(36-32-44)66-59-27-15-11-23-55(59)64(46-19-7-4-8-20-46)56-24-12-16-28-60(56)66/h3-11,13-15,17-42H,1-2H3. The highest BCUT2D eigenvalue weighted by atomic mass is 14.4. The van der Waals surface area contributed by atoms with E-state index in [2.05, 4.69) is 257 Å². The van der Waals surface area contributed by atoms with Gasteiger partial charge in [-0.2, -0.15) is 0 Å². The maximum Gasteiger partial charge on any atom is 0.0159 e. The van der Waals surface area contributed by atoms with Crippen molar-refractivity contribution in [3.8, 4) is 77.9 Å². The lowest BCUT2D eigenvalue weighted by atomic mass is 9.80. The molecule has 0 saturated heterocycles. The van der Waals surface area contributed by atoms with Crippen LogP contribution >= 0.6 is 0 Å². The van der Waals surface area contributed by atoms with Crippen LogP contribution in [-0.2, 0) is 5.41 Å². The first-order chi connectivity index (χ1) is 33.0. The van der Waals surface area contributed by atoms with E-state index in [9.17, 15) is 0 Å². The topological polar surface area (TPSA) is 0 Å². The van der Waals surface area contributed by atoms with Gasteiger partial charge in [0.2, 0.25) is 0 Å². The van der Waals surface area contributed by atoms with E-state index in [1.165, 1.54) is 132 Å². The van der Waals surface area contributed by atoms with E-state index >= 15 is 0 Å². The molecule has 12 aromatic rings. The van der Waals surface area contributed by atoms with Gasteiger partial charge in [0.25, 0.3) is 0 Å². The van der Waals surface area contributed by atoms with E-state index in [0.717, 1.165) is 0 Å². The molecule has 0 atom stereocenters. The molecular formula is C67H44. The molecule has 0 heterocycles. The minimum Gasteiger partial charge on any atom is -0.0696 e. The fourth-order valence-electron chi connectivity index (χ4n) is 11.3. The predicted molar refractivity (Wildman–Crippen MR) is 284 cm³/mol. The Morgan fingerprint density at radius 2 is 0.522 bits per heavy atom. The van der Waals surface area contributed by atoms with Crippen LogP contribution in [0.4, 0.5) is 0 Å². The number of fused-ring (bicyclic) bond motifs is 7. The summed E-state index contributed by atoms with van der Waals surface area (Å²) in [4.78, 5) is 0. The summed E-state index contributed by atoms with van der Waals surface area (Å²) in [6.07, 6.45) is 0. The number of benzene rings is 11. The van der Waals surface area contributed by atoms with E-state index in [-0.39, 0.29) is 5.41 Å². The van der Waals surface area contributed by atoms with Crippen molar-refractivity contribution in [1.29, 1.82) is 0 Å². The van der Waals surface area contributed by atoms with E-state index < -0.39 is 0 Å². The maximum atomic E-state index is 3.28. The Kier molecular flexibility index (Phi) is 8.89. The van der Waals surface area contributed by atoms with Crippen molar-refractivity contribution in [2.45, 2.75) is 19.3 Å². The van der Waals surface area contributed by atoms with Gasteiger partial charge in [-0.3, -0.25) is 0 Å². The monoisotopic (exact) mass is 848 g/mol. The van der Waals surface area contributed by atoms with Crippen LogP contribution in [0.15, 0.2) is 231 Å². The Labute approximate surface area is 392 Å². The van der Waals surface area contributed by atoms with Crippen LogP contribution in [0.5, 0.6) is 0 Å². The van der Waals surface area contributed by atoms with Crippen molar-refractivity contribution >= 4 is 43.1 Å². The molecule has 0 fully saturated rings. The van der Waals surface area contributed by atoms with Crippen LogP contribution in [0.1, 0.15) is 25.0 Å². The summed E-state index contributed by atoms with van der Waals surface area (Å²) in [7, 11) is 0. The van der Waals surface area contributed by atoms with E-state index in [1.807, 2.05) is 0 Å². The third kappa shape index (κ3) is 6.16. The molecule has 0 nitrogen and oxygen atoms in total. The van der Waals surface area contributed by atoms with Crippen LogP contribution in [0, 0.1) is 12.1 Å². The second-order valence-electron chi connectivity index (χ2n) is 18.6. The van der Waals surface area contributed by atoms with Gasteiger partial charge in [0.05, 0.1) is 0 Å². The lowest BCUT2D eigenvalue weighted by Crippen LogP contribution is -2.15.